The van der Waals surface area contributed by atoms with Gasteiger partial charge in [0.2, 0.25) is 0 Å². The van der Waals surface area contributed by atoms with E-state index in [-0.39, 0.29) is 0 Å². The molecule has 4 heteroatoms. The van der Waals surface area contributed by atoms with Crippen molar-refractivity contribution in [2.24, 2.45) is 0 Å². The topological polar surface area (TPSA) is 12.0 Å². The first-order chi connectivity index (χ1) is 6.75. The number of halogens is 1. The third-order valence-electron chi connectivity index (χ3n) is 2.48. The van der Waals surface area contributed by atoms with E-state index >= 15 is 0 Å². The van der Waals surface area contributed by atoms with Crippen molar-refractivity contribution >= 4 is 34.7 Å². The second-order valence-corrected chi connectivity index (χ2v) is 6.64. The first-order valence-electron chi connectivity index (χ1n) is 4.84. The molecule has 1 aromatic rings. The lowest BCUT2D eigenvalue weighted by Crippen LogP contribution is -2.21. The maximum atomic E-state index is 5.93. The molecule has 2 rings (SSSR count). The molecule has 2 heterocycles. The number of hydrogen-bond acceptors (Lipinski definition) is 3. The predicted octanol–water partition coefficient (Wildman–Crippen LogP) is 3.56. The Morgan fingerprint density at radius 1 is 1.57 bits per heavy atom. The van der Waals surface area contributed by atoms with E-state index in [1.165, 1.54) is 12.0 Å². The van der Waals surface area contributed by atoms with E-state index in [9.17, 15) is 0 Å². The van der Waals surface area contributed by atoms with Crippen molar-refractivity contribution in [3.8, 4) is 0 Å². The minimum Gasteiger partial charge on any atom is -0.309 e. The van der Waals surface area contributed by atoms with Crippen molar-refractivity contribution in [2.45, 2.75) is 24.6 Å². The maximum Gasteiger partial charge on any atom is 0.0931 e. The third kappa shape index (κ3) is 2.66. The van der Waals surface area contributed by atoms with Gasteiger partial charge in [0.25, 0.3) is 0 Å². The molecule has 0 amide bonds. The Hall–Kier alpha value is 0.300. The van der Waals surface area contributed by atoms with Crippen molar-refractivity contribution in [1.29, 1.82) is 0 Å². The lowest BCUT2D eigenvalue weighted by Gasteiger charge is -2.13. The normalized spacial score (nSPS) is 28.7. The highest BCUT2D eigenvalue weighted by Crippen LogP contribution is 2.30. The first-order valence-corrected chi connectivity index (χ1v) is 7.15. The zero-order valence-electron chi connectivity index (χ0n) is 8.13. The number of thioether (sulfide) groups is 1. The molecule has 2 atom stereocenters. The van der Waals surface area contributed by atoms with Crippen LogP contribution >= 0.6 is 34.7 Å². The smallest absolute Gasteiger partial charge is 0.0931 e. The summed E-state index contributed by atoms with van der Waals surface area (Å²) in [5, 5.41) is 6.51. The molecule has 78 valence electrons. The molecule has 0 spiro atoms. The Labute approximate surface area is 98.2 Å². The van der Waals surface area contributed by atoms with Crippen LogP contribution in [0.4, 0.5) is 0 Å². The summed E-state index contributed by atoms with van der Waals surface area (Å²) in [5.41, 5.74) is 1.35. The van der Waals surface area contributed by atoms with E-state index < -0.39 is 0 Å². The van der Waals surface area contributed by atoms with Crippen LogP contribution in [0, 0.1) is 0 Å². The third-order valence-corrected chi connectivity index (χ3v) is 4.92. The molecule has 2 unspecified atom stereocenters. The van der Waals surface area contributed by atoms with E-state index in [4.69, 9.17) is 11.6 Å². The van der Waals surface area contributed by atoms with Crippen molar-refractivity contribution < 1.29 is 0 Å². The first kappa shape index (κ1) is 10.8. The highest BCUT2D eigenvalue weighted by atomic mass is 35.5. The number of hydrogen-bond donors (Lipinski definition) is 1. The molecule has 0 aliphatic carbocycles. The number of thiophene rings is 1. The highest BCUT2D eigenvalue weighted by molar-refractivity contribution is 7.99. The average molecular weight is 248 g/mol. The fourth-order valence-corrected chi connectivity index (χ4v) is 3.64. The zero-order chi connectivity index (χ0) is 9.97. The van der Waals surface area contributed by atoms with E-state index in [0.29, 0.717) is 6.04 Å². The Morgan fingerprint density at radius 3 is 3.14 bits per heavy atom. The molecule has 1 aliphatic heterocycles. The number of nitrogens with one attached hydrogen (secondary N) is 1. The maximum absolute atomic E-state index is 5.93. The van der Waals surface area contributed by atoms with Gasteiger partial charge in [0.1, 0.15) is 0 Å². The summed E-state index contributed by atoms with van der Waals surface area (Å²) in [6.07, 6.45) is 1.26. The number of rotatable bonds is 1. The fraction of sp³-hybridized carbons (Fsp3) is 0.600. The van der Waals surface area contributed by atoms with E-state index in [0.717, 1.165) is 21.9 Å². The molecule has 1 fully saturated rings. The Balaban J connectivity index is 2.04. The molecule has 1 saturated heterocycles. The van der Waals surface area contributed by atoms with Gasteiger partial charge in [0.15, 0.2) is 0 Å². The zero-order valence-corrected chi connectivity index (χ0v) is 10.5. The summed E-state index contributed by atoms with van der Waals surface area (Å²) in [6, 6.07) is 2.58. The van der Waals surface area contributed by atoms with Crippen LogP contribution in [0.3, 0.4) is 0 Å². The predicted molar refractivity (Wildman–Crippen MR) is 66.6 cm³/mol. The fourth-order valence-electron chi connectivity index (χ4n) is 1.58. The van der Waals surface area contributed by atoms with Gasteiger partial charge >= 0.3 is 0 Å². The van der Waals surface area contributed by atoms with Gasteiger partial charge in [-0.1, -0.05) is 18.5 Å². The largest absolute Gasteiger partial charge is 0.309 e. The minimum absolute atomic E-state index is 0.494. The highest BCUT2D eigenvalue weighted by Gasteiger charge is 2.18. The SMILES string of the molecule is CC1CCNC(c2csc(Cl)c2)CS1. The van der Waals surface area contributed by atoms with Crippen LogP contribution in [0.2, 0.25) is 4.34 Å². The van der Waals surface area contributed by atoms with Crippen molar-refractivity contribution in [2.75, 3.05) is 12.3 Å². The molecule has 1 aliphatic rings. The summed E-state index contributed by atoms with van der Waals surface area (Å²) in [5.74, 6) is 1.16. The Bertz CT molecular complexity index is 300. The van der Waals surface area contributed by atoms with E-state index in [1.54, 1.807) is 11.3 Å². The van der Waals surface area contributed by atoms with Crippen LogP contribution in [0.5, 0.6) is 0 Å². The summed E-state index contributed by atoms with van der Waals surface area (Å²) in [7, 11) is 0. The molecular weight excluding hydrogens is 234 g/mol. The Kier molecular flexibility index (Phi) is 3.77. The lowest BCUT2D eigenvalue weighted by molar-refractivity contribution is 0.580. The van der Waals surface area contributed by atoms with Crippen LogP contribution in [0.15, 0.2) is 11.4 Å². The van der Waals surface area contributed by atoms with Gasteiger partial charge < -0.3 is 5.32 Å². The average Bonchev–Trinajstić information content (AvgIpc) is 2.46. The molecule has 0 bridgehead atoms. The van der Waals surface area contributed by atoms with Crippen molar-refractivity contribution in [3.05, 3.63) is 21.3 Å². The van der Waals surface area contributed by atoms with Crippen molar-refractivity contribution in [1.82, 2.24) is 5.32 Å². The molecule has 0 aromatic carbocycles. The van der Waals surface area contributed by atoms with Crippen LogP contribution in [0.25, 0.3) is 0 Å². The molecule has 0 saturated carbocycles. The summed E-state index contributed by atoms with van der Waals surface area (Å²) < 4.78 is 0.893. The molecule has 1 aromatic heterocycles. The van der Waals surface area contributed by atoms with Gasteiger partial charge in [0, 0.05) is 17.0 Å². The van der Waals surface area contributed by atoms with Crippen LogP contribution in [-0.2, 0) is 0 Å². The van der Waals surface area contributed by atoms with Crippen molar-refractivity contribution in [3.63, 3.8) is 0 Å². The van der Waals surface area contributed by atoms with Crippen LogP contribution in [-0.4, -0.2) is 17.5 Å². The minimum atomic E-state index is 0.494. The van der Waals surface area contributed by atoms with Gasteiger partial charge in [-0.05, 0) is 30.0 Å². The van der Waals surface area contributed by atoms with E-state index in [1.807, 2.05) is 0 Å². The van der Waals surface area contributed by atoms with Crippen LogP contribution < -0.4 is 5.32 Å². The van der Waals surface area contributed by atoms with Gasteiger partial charge in [-0.3, -0.25) is 0 Å². The standard InChI is InChI=1S/C10H14ClNS2/c1-7-2-3-12-9(6-13-7)8-4-10(11)14-5-8/h4-5,7,9,12H,2-3,6H2,1H3. The molecule has 1 N–H and O–H groups in total. The molecule has 1 nitrogen and oxygen atoms in total. The van der Waals surface area contributed by atoms with Gasteiger partial charge in [-0.2, -0.15) is 11.8 Å². The second-order valence-electron chi connectivity index (χ2n) is 3.62. The van der Waals surface area contributed by atoms with E-state index in [2.05, 4.69) is 35.4 Å². The molecule has 0 radical (unpaired) electrons. The van der Waals surface area contributed by atoms with Gasteiger partial charge in [-0.25, -0.2) is 0 Å². The summed E-state index contributed by atoms with van der Waals surface area (Å²) in [6.45, 7) is 3.42. The lowest BCUT2D eigenvalue weighted by atomic mass is 10.2. The van der Waals surface area contributed by atoms with Crippen LogP contribution in [0.1, 0.15) is 24.9 Å². The quantitative estimate of drug-likeness (QED) is 0.815. The summed E-state index contributed by atoms with van der Waals surface area (Å²) >= 11 is 9.60. The van der Waals surface area contributed by atoms with Gasteiger partial charge in [0.05, 0.1) is 4.34 Å². The monoisotopic (exact) mass is 247 g/mol. The summed E-state index contributed by atoms with van der Waals surface area (Å²) in [4.78, 5) is 0. The molecule has 14 heavy (non-hydrogen) atoms. The van der Waals surface area contributed by atoms with Gasteiger partial charge in [-0.15, -0.1) is 11.3 Å². The second kappa shape index (κ2) is 4.88. The molecular formula is C10H14ClNS2. The Morgan fingerprint density at radius 2 is 2.43 bits per heavy atom.